The fraction of sp³-hybridized carbons (Fsp3) is 0.529. The number of nitrogens with one attached hydrogen (secondary N) is 1. The van der Waals surface area contributed by atoms with Gasteiger partial charge < -0.3 is 9.73 Å². The van der Waals surface area contributed by atoms with Crippen LogP contribution in [0.2, 0.25) is 0 Å². The lowest BCUT2D eigenvalue weighted by atomic mass is 9.99. The molecule has 0 fully saturated rings. The number of hydrogen-bond donors (Lipinski definition) is 1. The van der Waals surface area contributed by atoms with Gasteiger partial charge in [-0.1, -0.05) is 27.7 Å². The largest absolute Gasteiger partial charge is 0.459 e. The lowest BCUT2D eigenvalue weighted by Crippen LogP contribution is -2.19. The second-order valence-corrected chi connectivity index (χ2v) is 6.39. The van der Waals surface area contributed by atoms with E-state index in [2.05, 4.69) is 33.0 Å². The van der Waals surface area contributed by atoms with E-state index in [9.17, 15) is 8.78 Å². The predicted octanol–water partition coefficient (Wildman–Crippen LogP) is 4.66. The molecule has 0 aliphatic carbocycles. The fourth-order valence-corrected chi connectivity index (χ4v) is 2.50. The Hall–Kier alpha value is -1.42. The summed E-state index contributed by atoms with van der Waals surface area (Å²) in [6.45, 7) is 9.79. The molecule has 2 rings (SSSR count). The summed E-state index contributed by atoms with van der Waals surface area (Å²) in [5.74, 6) is 0.464. The summed E-state index contributed by atoms with van der Waals surface area (Å²) >= 11 is 0. The van der Waals surface area contributed by atoms with Crippen LogP contribution < -0.4 is 5.32 Å². The molecule has 2 aromatic rings. The topological polar surface area (TPSA) is 25.2 Å². The normalized spacial score (nSPS) is 12.0. The van der Waals surface area contributed by atoms with Crippen LogP contribution in [0.15, 0.2) is 16.5 Å². The number of hydrogen-bond acceptors (Lipinski definition) is 2. The summed E-state index contributed by atoms with van der Waals surface area (Å²) in [5, 5.41) is 3.72. The molecule has 0 unspecified atom stereocenters. The smallest absolute Gasteiger partial charge is 0.140 e. The molecular formula is C17H23F2NO. The van der Waals surface area contributed by atoms with Crippen LogP contribution in [0, 0.1) is 23.5 Å². The zero-order valence-electron chi connectivity index (χ0n) is 13.1. The van der Waals surface area contributed by atoms with Crippen LogP contribution in [0.4, 0.5) is 8.78 Å². The highest BCUT2D eigenvalue weighted by atomic mass is 19.1. The number of fused-ring (bicyclic) bond motifs is 1. The predicted molar refractivity (Wildman–Crippen MR) is 81.2 cm³/mol. The quantitative estimate of drug-likeness (QED) is 0.838. The Morgan fingerprint density at radius 2 is 1.81 bits per heavy atom. The molecule has 0 amide bonds. The van der Waals surface area contributed by atoms with Crippen molar-refractivity contribution >= 4 is 11.0 Å². The third-order valence-electron chi connectivity index (χ3n) is 3.34. The van der Waals surface area contributed by atoms with Crippen LogP contribution in [0.5, 0.6) is 0 Å². The van der Waals surface area contributed by atoms with E-state index in [1.54, 1.807) is 0 Å². The minimum Gasteiger partial charge on any atom is -0.459 e. The van der Waals surface area contributed by atoms with Crippen molar-refractivity contribution < 1.29 is 13.2 Å². The standard InChI is InChI=1S/C17H23F2NO/c1-10(2)5-13-16(9-20-8-11(3)4)21-15-7-12(18)6-14(19)17(13)15/h6-7,10-11,20H,5,8-9H2,1-4H3. The Morgan fingerprint density at radius 1 is 1.10 bits per heavy atom. The summed E-state index contributed by atoms with van der Waals surface area (Å²) in [5.41, 5.74) is 1.15. The zero-order chi connectivity index (χ0) is 15.6. The maximum absolute atomic E-state index is 14.1. The average Bonchev–Trinajstić information content (AvgIpc) is 2.66. The van der Waals surface area contributed by atoms with Gasteiger partial charge in [-0.25, -0.2) is 8.78 Å². The van der Waals surface area contributed by atoms with E-state index in [1.165, 1.54) is 6.07 Å². The molecule has 1 aromatic heterocycles. The average molecular weight is 295 g/mol. The Labute approximate surface area is 124 Å². The number of benzene rings is 1. The molecule has 2 nitrogen and oxygen atoms in total. The van der Waals surface area contributed by atoms with E-state index in [4.69, 9.17) is 4.42 Å². The van der Waals surface area contributed by atoms with E-state index in [-0.39, 0.29) is 0 Å². The van der Waals surface area contributed by atoms with Gasteiger partial charge in [0.1, 0.15) is 23.0 Å². The van der Waals surface area contributed by atoms with E-state index in [0.717, 1.165) is 18.2 Å². The summed E-state index contributed by atoms with van der Waals surface area (Å²) in [7, 11) is 0. The summed E-state index contributed by atoms with van der Waals surface area (Å²) in [6.07, 6.45) is 0.717. The number of rotatable bonds is 6. The molecule has 1 N–H and O–H groups in total. The van der Waals surface area contributed by atoms with Crippen molar-refractivity contribution in [1.82, 2.24) is 5.32 Å². The first-order valence-electron chi connectivity index (χ1n) is 7.48. The molecular weight excluding hydrogens is 272 g/mol. The second-order valence-electron chi connectivity index (χ2n) is 6.39. The van der Waals surface area contributed by atoms with Crippen molar-refractivity contribution in [2.75, 3.05) is 6.54 Å². The zero-order valence-corrected chi connectivity index (χ0v) is 13.1. The van der Waals surface area contributed by atoms with Gasteiger partial charge in [-0.05, 0) is 24.8 Å². The molecule has 0 bridgehead atoms. The lowest BCUT2D eigenvalue weighted by molar-refractivity contribution is 0.475. The highest BCUT2D eigenvalue weighted by molar-refractivity contribution is 5.83. The van der Waals surface area contributed by atoms with Crippen molar-refractivity contribution in [2.45, 2.75) is 40.7 Å². The molecule has 116 valence electrons. The molecule has 0 spiro atoms. The third-order valence-corrected chi connectivity index (χ3v) is 3.34. The van der Waals surface area contributed by atoms with Crippen LogP contribution in [-0.2, 0) is 13.0 Å². The van der Waals surface area contributed by atoms with Crippen LogP contribution in [0.25, 0.3) is 11.0 Å². The number of furan rings is 1. The van der Waals surface area contributed by atoms with E-state index >= 15 is 0 Å². The highest BCUT2D eigenvalue weighted by Gasteiger charge is 2.19. The van der Waals surface area contributed by atoms with E-state index in [1.807, 2.05) is 0 Å². The molecule has 0 aliphatic rings. The molecule has 0 radical (unpaired) electrons. The first-order chi connectivity index (χ1) is 9.88. The van der Waals surface area contributed by atoms with Gasteiger partial charge in [0, 0.05) is 17.7 Å². The van der Waals surface area contributed by atoms with Gasteiger partial charge in [0.25, 0.3) is 0 Å². The van der Waals surface area contributed by atoms with E-state index in [0.29, 0.717) is 41.5 Å². The SMILES string of the molecule is CC(C)CNCc1oc2cc(F)cc(F)c2c1CC(C)C. The minimum atomic E-state index is -0.605. The second kappa shape index (κ2) is 6.56. The molecule has 0 atom stereocenters. The molecule has 0 aliphatic heterocycles. The number of halogens is 2. The first-order valence-corrected chi connectivity index (χ1v) is 7.48. The van der Waals surface area contributed by atoms with Crippen LogP contribution in [0.1, 0.15) is 39.0 Å². The fourth-order valence-electron chi connectivity index (χ4n) is 2.50. The molecule has 0 saturated heterocycles. The van der Waals surface area contributed by atoms with Gasteiger partial charge in [-0.2, -0.15) is 0 Å². The third kappa shape index (κ3) is 3.82. The van der Waals surface area contributed by atoms with Crippen LogP contribution >= 0.6 is 0 Å². The van der Waals surface area contributed by atoms with Crippen molar-refractivity contribution in [3.05, 3.63) is 35.1 Å². The summed E-state index contributed by atoms with van der Waals surface area (Å²) < 4.78 is 33.1. The molecule has 4 heteroatoms. The van der Waals surface area contributed by atoms with Gasteiger partial charge in [0.2, 0.25) is 0 Å². The van der Waals surface area contributed by atoms with Crippen molar-refractivity contribution in [3.8, 4) is 0 Å². The Balaban J connectivity index is 2.40. The van der Waals surface area contributed by atoms with Crippen molar-refractivity contribution in [1.29, 1.82) is 0 Å². The maximum Gasteiger partial charge on any atom is 0.140 e. The van der Waals surface area contributed by atoms with Gasteiger partial charge >= 0.3 is 0 Å². The lowest BCUT2D eigenvalue weighted by Gasteiger charge is -2.09. The van der Waals surface area contributed by atoms with Gasteiger partial charge in [0.15, 0.2) is 0 Å². The van der Waals surface area contributed by atoms with Crippen LogP contribution in [-0.4, -0.2) is 6.54 Å². The maximum atomic E-state index is 14.1. The van der Waals surface area contributed by atoms with Gasteiger partial charge in [-0.15, -0.1) is 0 Å². The Kier molecular flexibility index (Phi) is 4.99. The Morgan fingerprint density at radius 3 is 2.43 bits per heavy atom. The molecule has 1 aromatic carbocycles. The van der Waals surface area contributed by atoms with Crippen molar-refractivity contribution in [2.24, 2.45) is 11.8 Å². The monoisotopic (exact) mass is 295 g/mol. The minimum absolute atomic E-state index is 0.296. The van der Waals surface area contributed by atoms with Gasteiger partial charge in [-0.3, -0.25) is 0 Å². The summed E-state index contributed by atoms with van der Waals surface area (Å²) in [6, 6.07) is 2.18. The molecule has 21 heavy (non-hydrogen) atoms. The highest BCUT2D eigenvalue weighted by Crippen LogP contribution is 2.31. The first kappa shape index (κ1) is 16.0. The molecule has 0 saturated carbocycles. The molecule has 1 heterocycles. The summed E-state index contributed by atoms with van der Waals surface area (Å²) in [4.78, 5) is 0. The van der Waals surface area contributed by atoms with Crippen LogP contribution in [0.3, 0.4) is 0 Å². The van der Waals surface area contributed by atoms with Crippen molar-refractivity contribution in [3.63, 3.8) is 0 Å². The Bertz CT molecular complexity index is 617. The van der Waals surface area contributed by atoms with Gasteiger partial charge in [0.05, 0.1) is 11.9 Å². The van der Waals surface area contributed by atoms with E-state index < -0.39 is 11.6 Å².